The van der Waals surface area contributed by atoms with Gasteiger partial charge in [-0.15, -0.1) is 0 Å². The number of rotatable bonds is 3. The smallest absolute Gasteiger partial charge is 0.338 e. The zero-order valence-corrected chi connectivity index (χ0v) is 14.0. The number of carbonyl (C=O) groups excluding carboxylic acids is 1. The molecule has 0 unspecified atom stereocenters. The van der Waals surface area contributed by atoms with E-state index in [1.807, 2.05) is 6.07 Å². The van der Waals surface area contributed by atoms with Crippen LogP contribution in [0.1, 0.15) is 25.5 Å². The number of nitrogens with one attached hydrogen (secondary N) is 1. The molecule has 0 aliphatic carbocycles. The molecule has 0 bridgehead atoms. The highest BCUT2D eigenvalue weighted by Gasteiger charge is 2.34. The summed E-state index contributed by atoms with van der Waals surface area (Å²) in [7, 11) is 0. The number of allylic oxidation sites excluding steroid dienone is 1. The van der Waals surface area contributed by atoms with Crippen molar-refractivity contribution in [3.05, 3.63) is 51.4 Å². The Morgan fingerprint density at radius 1 is 1.39 bits per heavy atom. The van der Waals surface area contributed by atoms with E-state index in [0.717, 1.165) is 5.56 Å². The third-order valence-electron chi connectivity index (χ3n) is 3.55. The Kier molecular flexibility index (Phi) is 4.28. The molecule has 2 aromatic rings. The largest absolute Gasteiger partial charge is 0.463 e. The van der Waals surface area contributed by atoms with Crippen LogP contribution in [-0.2, 0) is 9.53 Å². The van der Waals surface area contributed by atoms with Crippen LogP contribution in [0.2, 0.25) is 10.0 Å². The molecule has 23 heavy (non-hydrogen) atoms. The predicted octanol–water partition coefficient (Wildman–Crippen LogP) is 3.44. The molecule has 0 spiro atoms. The number of hydrogen-bond acceptors (Lipinski definition) is 5. The molecule has 8 heteroatoms. The van der Waals surface area contributed by atoms with Gasteiger partial charge in [-0.25, -0.2) is 9.48 Å². The van der Waals surface area contributed by atoms with Crippen molar-refractivity contribution in [3.63, 3.8) is 0 Å². The van der Waals surface area contributed by atoms with E-state index in [2.05, 4.69) is 15.4 Å². The SMILES string of the molecule is CCOC(=O)C1=C(C)Nc2ncnn2[C@H]1c1ccc(Cl)c(Cl)c1. The highest BCUT2D eigenvalue weighted by molar-refractivity contribution is 6.42. The van der Waals surface area contributed by atoms with E-state index in [-0.39, 0.29) is 6.61 Å². The van der Waals surface area contributed by atoms with Crippen molar-refractivity contribution in [1.29, 1.82) is 0 Å². The van der Waals surface area contributed by atoms with Gasteiger partial charge >= 0.3 is 5.97 Å². The standard InChI is InChI=1S/C15H14Cl2N4O2/c1-3-23-14(22)12-8(2)20-15-18-7-19-21(15)13(12)9-4-5-10(16)11(17)6-9/h4-7,13H,3H2,1-2H3,(H,18,19,20)/t13-/m0/s1. The van der Waals surface area contributed by atoms with Crippen molar-refractivity contribution in [2.45, 2.75) is 19.9 Å². The summed E-state index contributed by atoms with van der Waals surface area (Å²) in [5, 5.41) is 8.14. The Hall–Kier alpha value is -2.05. The van der Waals surface area contributed by atoms with Gasteiger partial charge in [-0.3, -0.25) is 0 Å². The van der Waals surface area contributed by atoms with Crippen molar-refractivity contribution in [1.82, 2.24) is 14.8 Å². The fourth-order valence-corrected chi connectivity index (χ4v) is 2.86. The van der Waals surface area contributed by atoms with E-state index in [1.165, 1.54) is 6.33 Å². The van der Waals surface area contributed by atoms with Gasteiger partial charge in [0.05, 0.1) is 22.2 Å². The van der Waals surface area contributed by atoms with E-state index in [4.69, 9.17) is 27.9 Å². The van der Waals surface area contributed by atoms with Crippen molar-refractivity contribution < 1.29 is 9.53 Å². The van der Waals surface area contributed by atoms with Crippen molar-refractivity contribution in [2.24, 2.45) is 0 Å². The topological polar surface area (TPSA) is 69.0 Å². The molecule has 1 aliphatic rings. The molecule has 0 amide bonds. The molecule has 1 N–H and O–H groups in total. The molecule has 0 saturated carbocycles. The molecule has 6 nitrogen and oxygen atoms in total. The van der Waals surface area contributed by atoms with Crippen LogP contribution in [-0.4, -0.2) is 27.3 Å². The minimum Gasteiger partial charge on any atom is -0.463 e. The van der Waals surface area contributed by atoms with Gasteiger partial charge in [-0.1, -0.05) is 29.3 Å². The Labute approximate surface area is 143 Å². The van der Waals surface area contributed by atoms with Crippen molar-refractivity contribution >= 4 is 35.1 Å². The minimum absolute atomic E-state index is 0.286. The van der Waals surface area contributed by atoms with Crippen molar-refractivity contribution in [2.75, 3.05) is 11.9 Å². The van der Waals surface area contributed by atoms with Gasteiger partial charge in [0.1, 0.15) is 12.4 Å². The molecular formula is C15H14Cl2N4O2. The Bertz CT molecular complexity index is 801. The lowest BCUT2D eigenvalue weighted by molar-refractivity contribution is -0.139. The van der Waals surface area contributed by atoms with Gasteiger partial charge in [-0.2, -0.15) is 10.1 Å². The second kappa shape index (κ2) is 6.22. The molecule has 0 fully saturated rings. The number of nitrogens with zero attached hydrogens (tertiary/aromatic N) is 3. The third kappa shape index (κ3) is 2.80. The summed E-state index contributed by atoms with van der Waals surface area (Å²) in [4.78, 5) is 16.6. The first-order valence-corrected chi connectivity index (χ1v) is 7.78. The van der Waals surface area contributed by atoms with Crippen LogP contribution < -0.4 is 5.32 Å². The second-order valence-electron chi connectivity index (χ2n) is 4.99. The summed E-state index contributed by atoms with van der Waals surface area (Å²) in [6, 6.07) is 4.73. The van der Waals surface area contributed by atoms with Gasteiger partial charge in [0.25, 0.3) is 0 Å². The first kappa shape index (κ1) is 15.8. The number of esters is 1. The lowest BCUT2D eigenvalue weighted by atomic mass is 9.96. The molecular weight excluding hydrogens is 339 g/mol. The summed E-state index contributed by atoms with van der Waals surface area (Å²) >= 11 is 12.1. The van der Waals surface area contributed by atoms with Gasteiger partial charge in [0.2, 0.25) is 5.95 Å². The van der Waals surface area contributed by atoms with E-state index in [0.29, 0.717) is 27.3 Å². The molecule has 0 radical (unpaired) electrons. The van der Waals surface area contributed by atoms with Gasteiger partial charge in [-0.05, 0) is 31.5 Å². The highest BCUT2D eigenvalue weighted by Crippen LogP contribution is 2.37. The number of hydrogen-bond donors (Lipinski definition) is 1. The van der Waals surface area contributed by atoms with E-state index >= 15 is 0 Å². The maximum atomic E-state index is 12.4. The monoisotopic (exact) mass is 352 g/mol. The fourth-order valence-electron chi connectivity index (χ4n) is 2.55. The zero-order valence-electron chi connectivity index (χ0n) is 12.5. The number of aromatic nitrogens is 3. The number of benzene rings is 1. The number of halogens is 2. The maximum Gasteiger partial charge on any atom is 0.338 e. The average Bonchev–Trinajstić information content (AvgIpc) is 2.96. The van der Waals surface area contributed by atoms with Gasteiger partial charge in [0, 0.05) is 5.70 Å². The number of anilines is 1. The number of ether oxygens (including phenoxy) is 1. The minimum atomic E-state index is -0.484. The van der Waals surface area contributed by atoms with Crippen LogP contribution in [0.5, 0.6) is 0 Å². The predicted molar refractivity (Wildman–Crippen MR) is 87.6 cm³/mol. The fraction of sp³-hybridized carbons (Fsp3) is 0.267. The molecule has 120 valence electrons. The Morgan fingerprint density at radius 3 is 2.87 bits per heavy atom. The first-order valence-electron chi connectivity index (χ1n) is 7.02. The number of fused-ring (bicyclic) bond motifs is 1. The average molecular weight is 353 g/mol. The van der Waals surface area contributed by atoms with E-state index < -0.39 is 12.0 Å². The molecule has 3 rings (SSSR count). The Balaban J connectivity index is 2.16. The van der Waals surface area contributed by atoms with Crippen LogP contribution in [0.25, 0.3) is 0 Å². The summed E-state index contributed by atoms with van der Waals surface area (Å²) in [5.41, 5.74) is 1.90. The van der Waals surface area contributed by atoms with Gasteiger partial charge < -0.3 is 10.1 Å². The van der Waals surface area contributed by atoms with Crippen LogP contribution >= 0.6 is 23.2 Å². The van der Waals surface area contributed by atoms with Crippen LogP contribution in [0.3, 0.4) is 0 Å². The quantitative estimate of drug-likeness (QED) is 0.856. The summed E-state index contributed by atoms with van der Waals surface area (Å²) in [6.45, 7) is 3.85. The summed E-state index contributed by atoms with van der Waals surface area (Å²) in [5.74, 6) is 0.140. The molecule has 1 atom stereocenters. The van der Waals surface area contributed by atoms with Crippen LogP contribution in [0, 0.1) is 0 Å². The molecule has 0 saturated heterocycles. The maximum absolute atomic E-state index is 12.4. The summed E-state index contributed by atoms with van der Waals surface area (Å²) < 4.78 is 6.82. The second-order valence-corrected chi connectivity index (χ2v) is 5.80. The molecule has 2 heterocycles. The zero-order chi connectivity index (χ0) is 16.6. The van der Waals surface area contributed by atoms with Crippen molar-refractivity contribution in [3.8, 4) is 0 Å². The van der Waals surface area contributed by atoms with Gasteiger partial charge in [0.15, 0.2) is 0 Å². The Morgan fingerprint density at radius 2 is 2.17 bits per heavy atom. The summed E-state index contributed by atoms with van der Waals surface area (Å²) in [6.07, 6.45) is 1.42. The van der Waals surface area contributed by atoms with Crippen LogP contribution in [0.15, 0.2) is 35.8 Å². The number of carbonyl (C=O) groups is 1. The molecule has 1 aromatic heterocycles. The highest BCUT2D eigenvalue weighted by atomic mass is 35.5. The lowest BCUT2D eigenvalue weighted by Crippen LogP contribution is -2.29. The lowest BCUT2D eigenvalue weighted by Gasteiger charge is -2.28. The first-order chi connectivity index (χ1) is 11.0. The molecule has 1 aliphatic heterocycles. The van der Waals surface area contributed by atoms with E-state index in [9.17, 15) is 4.79 Å². The normalized spacial score (nSPS) is 16.8. The van der Waals surface area contributed by atoms with Crippen LogP contribution in [0.4, 0.5) is 5.95 Å². The third-order valence-corrected chi connectivity index (χ3v) is 4.29. The van der Waals surface area contributed by atoms with E-state index in [1.54, 1.807) is 30.7 Å². The molecule has 1 aromatic carbocycles.